The highest BCUT2D eigenvalue weighted by atomic mass is 16.2. The lowest BCUT2D eigenvalue weighted by atomic mass is 9.41. The largest absolute Gasteiger partial charge is 0.357 e. The molecule has 0 spiro atoms. The molecule has 0 saturated carbocycles. The minimum atomic E-state index is 0.0105. The SMILES string of the molecule is CC.CC.Cc1nc(N2CCC(CC3CCB(C#N)CC3)CC2)ccc1C(=O)N(C)C. The topological polar surface area (TPSA) is 60.2 Å². The van der Waals surface area contributed by atoms with Crippen molar-refractivity contribution in [2.75, 3.05) is 32.1 Å². The van der Waals surface area contributed by atoms with Gasteiger partial charge in [-0.2, -0.15) is 0 Å². The summed E-state index contributed by atoms with van der Waals surface area (Å²) in [6.45, 7) is 12.3. The average Bonchev–Trinajstić information content (AvgIpc) is 2.82. The molecule has 2 aliphatic heterocycles. The Morgan fingerprint density at radius 3 is 2.13 bits per heavy atom. The first-order valence-corrected chi connectivity index (χ1v) is 12.3. The van der Waals surface area contributed by atoms with Crippen molar-refractivity contribution in [3.63, 3.8) is 0 Å². The van der Waals surface area contributed by atoms with Crippen LogP contribution in [0.2, 0.25) is 12.6 Å². The summed E-state index contributed by atoms with van der Waals surface area (Å²) in [5.74, 6) is 5.07. The summed E-state index contributed by atoms with van der Waals surface area (Å²) < 4.78 is 0. The molecule has 0 unspecified atom stereocenters. The van der Waals surface area contributed by atoms with Crippen molar-refractivity contribution in [2.45, 2.75) is 79.4 Å². The second-order valence-electron chi connectivity index (χ2n) is 8.51. The smallest absolute Gasteiger partial charge is 0.267 e. The molecular formula is C25H43BN4O. The van der Waals surface area contributed by atoms with E-state index < -0.39 is 0 Å². The van der Waals surface area contributed by atoms with Gasteiger partial charge < -0.3 is 9.80 Å². The van der Waals surface area contributed by atoms with Gasteiger partial charge in [-0.1, -0.05) is 53.2 Å². The maximum Gasteiger partial charge on any atom is 0.267 e. The molecule has 2 saturated heterocycles. The molecule has 1 aromatic heterocycles. The third-order valence-electron chi connectivity index (χ3n) is 6.34. The standard InChI is InChI=1S/C21H31BN4O.2C2H6/c1-16-19(21(27)25(2)3)4-5-20(24-16)26-12-8-18(9-13-26)14-17-6-10-22(15-23)11-7-17;2*1-2/h4-5,17-18H,6-14H2,1-3H3;2*1-2H3. The zero-order chi connectivity index (χ0) is 23.4. The first-order chi connectivity index (χ1) is 15.0. The van der Waals surface area contributed by atoms with E-state index in [9.17, 15) is 4.79 Å². The number of anilines is 1. The van der Waals surface area contributed by atoms with Crippen LogP contribution in [0, 0.1) is 30.0 Å². The summed E-state index contributed by atoms with van der Waals surface area (Å²) in [5, 5.41) is 9.05. The number of rotatable bonds is 4. The van der Waals surface area contributed by atoms with Gasteiger partial charge in [-0.3, -0.25) is 4.79 Å². The fourth-order valence-electron chi connectivity index (χ4n) is 4.59. The van der Waals surface area contributed by atoms with Crippen molar-refractivity contribution in [1.29, 1.82) is 5.26 Å². The van der Waals surface area contributed by atoms with Gasteiger partial charge in [0.1, 0.15) is 5.82 Å². The van der Waals surface area contributed by atoms with Crippen molar-refractivity contribution in [1.82, 2.24) is 9.88 Å². The van der Waals surface area contributed by atoms with Crippen molar-refractivity contribution in [3.8, 4) is 5.97 Å². The number of hydrogen-bond donors (Lipinski definition) is 0. The molecule has 1 amide bonds. The van der Waals surface area contributed by atoms with Crippen LogP contribution in [0.4, 0.5) is 5.82 Å². The van der Waals surface area contributed by atoms with Crippen LogP contribution in [0.5, 0.6) is 0 Å². The van der Waals surface area contributed by atoms with Crippen molar-refractivity contribution in [2.24, 2.45) is 11.8 Å². The number of aromatic nitrogens is 1. The molecule has 3 rings (SSSR count). The highest BCUT2D eigenvalue weighted by molar-refractivity contribution is 6.67. The molecular weight excluding hydrogens is 383 g/mol. The van der Waals surface area contributed by atoms with Crippen LogP contribution in [-0.4, -0.2) is 49.7 Å². The average molecular weight is 426 g/mol. The number of carbonyl (C=O) groups excluding carboxylic acids is 1. The second kappa shape index (κ2) is 14.1. The van der Waals surface area contributed by atoms with Gasteiger partial charge in [0.15, 0.2) is 0 Å². The van der Waals surface area contributed by atoms with Gasteiger partial charge in [-0.05, 0) is 50.2 Å². The first kappa shape index (κ1) is 27.0. The van der Waals surface area contributed by atoms with Crippen LogP contribution in [0.1, 0.15) is 75.9 Å². The van der Waals surface area contributed by atoms with Gasteiger partial charge in [0, 0.05) is 33.2 Å². The number of hydrogen-bond acceptors (Lipinski definition) is 4. The molecule has 31 heavy (non-hydrogen) atoms. The van der Waals surface area contributed by atoms with Crippen molar-refractivity contribution in [3.05, 3.63) is 23.4 Å². The Morgan fingerprint density at radius 2 is 1.65 bits per heavy atom. The molecule has 172 valence electrons. The fourth-order valence-corrected chi connectivity index (χ4v) is 4.59. The predicted octanol–water partition coefficient (Wildman–Crippen LogP) is 5.72. The van der Waals surface area contributed by atoms with Gasteiger partial charge >= 0.3 is 0 Å². The summed E-state index contributed by atoms with van der Waals surface area (Å²) in [6.07, 6.45) is 8.44. The van der Waals surface area contributed by atoms with Crippen LogP contribution >= 0.6 is 0 Å². The molecule has 3 heterocycles. The lowest BCUT2D eigenvalue weighted by Gasteiger charge is -2.35. The Labute approximate surface area is 191 Å². The van der Waals surface area contributed by atoms with Gasteiger partial charge in [-0.25, -0.2) is 10.2 Å². The van der Waals surface area contributed by atoms with E-state index in [1.165, 1.54) is 32.1 Å². The maximum atomic E-state index is 12.2. The Hall–Kier alpha value is -2.03. The van der Waals surface area contributed by atoms with Gasteiger partial charge in [0.25, 0.3) is 12.6 Å². The van der Waals surface area contributed by atoms with E-state index in [-0.39, 0.29) is 5.91 Å². The summed E-state index contributed by atoms with van der Waals surface area (Å²) in [7, 11) is 3.54. The Bertz CT molecular complexity index is 700. The molecule has 0 aromatic carbocycles. The van der Waals surface area contributed by atoms with Gasteiger partial charge in [0.05, 0.1) is 11.3 Å². The quantitative estimate of drug-likeness (QED) is 0.578. The zero-order valence-corrected chi connectivity index (χ0v) is 20.9. The van der Waals surface area contributed by atoms with E-state index >= 15 is 0 Å². The van der Waals surface area contributed by atoms with E-state index in [1.54, 1.807) is 19.0 Å². The first-order valence-electron chi connectivity index (χ1n) is 12.3. The van der Waals surface area contributed by atoms with E-state index in [0.717, 1.165) is 49.1 Å². The zero-order valence-electron chi connectivity index (χ0n) is 20.9. The van der Waals surface area contributed by atoms with Crippen LogP contribution in [0.15, 0.2) is 12.1 Å². The monoisotopic (exact) mass is 426 g/mol. The highest BCUT2D eigenvalue weighted by Crippen LogP contribution is 2.34. The van der Waals surface area contributed by atoms with E-state index in [1.807, 2.05) is 46.8 Å². The molecule has 0 aliphatic carbocycles. The minimum Gasteiger partial charge on any atom is -0.357 e. The van der Waals surface area contributed by atoms with Gasteiger partial charge in [0.2, 0.25) is 0 Å². The van der Waals surface area contributed by atoms with E-state index in [4.69, 9.17) is 10.2 Å². The lowest BCUT2D eigenvalue weighted by Crippen LogP contribution is -2.35. The number of nitriles is 1. The summed E-state index contributed by atoms with van der Waals surface area (Å²) >= 11 is 0. The highest BCUT2D eigenvalue weighted by Gasteiger charge is 2.28. The Kier molecular flexibility index (Phi) is 12.3. The summed E-state index contributed by atoms with van der Waals surface area (Å²) in [4.78, 5) is 20.8. The molecule has 2 aliphatic rings. The number of nitrogens with zero attached hydrogens (tertiary/aromatic N) is 4. The molecule has 6 heteroatoms. The third-order valence-corrected chi connectivity index (χ3v) is 6.34. The number of pyridine rings is 1. The lowest BCUT2D eigenvalue weighted by molar-refractivity contribution is 0.0826. The summed E-state index contributed by atoms with van der Waals surface area (Å²) in [6, 6.07) is 3.91. The van der Waals surface area contributed by atoms with E-state index in [2.05, 4.69) is 10.9 Å². The molecule has 0 N–H and O–H groups in total. The van der Waals surface area contributed by atoms with E-state index in [0.29, 0.717) is 12.3 Å². The molecule has 2 fully saturated rings. The van der Waals surface area contributed by atoms with Crippen LogP contribution in [0.25, 0.3) is 0 Å². The fraction of sp³-hybridized carbons (Fsp3) is 0.720. The number of aryl methyl sites for hydroxylation is 1. The minimum absolute atomic E-state index is 0.0105. The number of piperidine rings is 1. The van der Waals surface area contributed by atoms with Crippen LogP contribution < -0.4 is 4.90 Å². The van der Waals surface area contributed by atoms with Crippen molar-refractivity contribution < 1.29 is 4.79 Å². The molecule has 0 radical (unpaired) electrons. The Morgan fingerprint density at radius 1 is 1.10 bits per heavy atom. The normalized spacial score (nSPS) is 17.0. The molecule has 0 atom stereocenters. The van der Waals surface area contributed by atoms with Crippen LogP contribution in [-0.2, 0) is 0 Å². The molecule has 1 aromatic rings. The number of amides is 1. The number of carbonyl (C=O) groups is 1. The van der Waals surface area contributed by atoms with Crippen LogP contribution in [0.3, 0.4) is 0 Å². The third kappa shape index (κ3) is 7.87. The Balaban J connectivity index is 0.00000113. The van der Waals surface area contributed by atoms with Crippen molar-refractivity contribution >= 4 is 18.4 Å². The molecule has 5 nitrogen and oxygen atoms in total. The summed E-state index contributed by atoms with van der Waals surface area (Å²) in [5.41, 5.74) is 1.49. The van der Waals surface area contributed by atoms with Gasteiger partial charge in [-0.15, -0.1) is 0 Å². The molecule has 0 bridgehead atoms. The second-order valence-corrected chi connectivity index (χ2v) is 8.51. The predicted molar refractivity (Wildman–Crippen MR) is 133 cm³/mol. The maximum absolute atomic E-state index is 12.2.